The summed E-state index contributed by atoms with van der Waals surface area (Å²) in [7, 11) is 0. The zero-order chi connectivity index (χ0) is 31.6. The molecule has 0 unspecified atom stereocenters. The zero-order valence-electron chi connectivity index (χ0n) is 25.6. The minimum Gasteiger partial charge on any atom is -0.456 e. The molecule has 0 aliphatic rings. The molecule has 0 saturated carbocycles. The molecule has 0 saturated heterocycles. The first-order valence-corrected chi connectivity index (χ1v) is 16.8. The summed E-state index contributed by atoms with van der Waals surface area (Å²) in [4.78, 5) is 14.8. The van der Waals surface area contributed by atoms with E-state index in [0.29, 0.717) is 17.5 Å². The van der Waals surface area contributed by atoms with Crippen LogP contribution in [0.3, 0.4) is 0 Å². The molecule has 224 valence electrons. The molecule has 0 aliphatic carbocycles. The van der Waals surface area contributed by atoms with E-state index >= 15 is 0 Å². The van der Waals surface area contributed by atoms with Crippen molar-refractivity contribution in [1.29, 1.82) is 0 Å². The molecule has 3 heterocycles. The Morgan fingerprint density at radius 3 is 1.81 bits per heavy atom. The van der Waals surface area contributed by atoms with Gasteiger partial charge in [0.05, 0.1) is 0 Å². The molecule has 0 radical (unpaired) electrons. The van der Waals surface area contributed by atoms with E-state index in [1.165, 1.54) is 36.7 Å². The van der Waals surface area contributed by atoms with Gasteiger partial charge < -0.3 is 4.42 Å². The van der Waals surface area contributed by atoms with Crippen LogP contribution in [-0.4, -0.2) is 15.0 Å². The molecule has 10 rings (SSSR count). The zero-order valence-corrected chi connectivity index (χ0v) is 26.4. The molecular formula is C43H25N3OS. The largest absolute Gasteiger partial charge is 0.456 e. The minimum atomic E-state index is 0.602. The maximum Gasteiger partial charge on any atom is 0.164 e. The van der Waals surface area contributed by atoms with E-state index in [2.05, 4.69) is 91.0 Å². The second-order valence-corrected chi connectivity index (χ2v) is 13.0. The number of fused-ring (bicyclic) bond motifs is 7. The fourth-order valence-electron chi connectivity index (χ4n) is 6.90. The summed E-state index contributed by atoms with van der Waals surface area (Å²) in [5.74, 6) is 1.87. The first-order chi connectivity index (χ1) is 23.8. The fraction of sp³-hybridized carbons (Fsp3) is 0. The standard InChI is InChI=1S/C43H25N3OS/c1-3-12-26(13-4-1)41-44-42(27-14-5-2-6-15-27)46-43(45-41)29-22-23-33-35(25-29)47-36-24-28-16-7-8-17-30(28)38(39(33)36)34-20-11-19-32-31-18-9-10-21-37(31)48-40(32)34/h1-25H. The molecule has 5 heteroatoms. The van der Waals surface area contributed by atoms with Gasteiger partial charge in [-0.15, -0.1) is 11.3 Å². The lowest BCUT2D eigenvalue weighted by Gasteiger charge is -2.11. The summed E-state index contributed by atoms with van der Waals surface area (Å²) in [6.07, 6.45) is 0. The van der Waals surface area contributed by atoms with Crippen molar-refractivity contribution in [1.82, 2.24) is 15.0 Å². The molecule has 48 heavy (non-hydrogen) atoms. The van der Waals surface area contributed by atoms with Crippen molar-refractivity contribution in [3.63, 3.8) is 0 Å². The van der Waals surface area contributed by atoms with Crippen LogP contribution in [0.1, 0.15) is 0 Å². The van der Waals surface area contributed by atoms with E-state index in [0.717, 1.165) is 44.0 Å². The molecule has 0 amide bonds. The SMILES string of the molecule is c1ccc(-c2nc(-c3ccccc3)nc(-c3ccc4c(c3)oc3cc5ccccc5c(-c5cccc6c5sc5ccccc56)c34)n2)cc1. The number of benzene rings is 7. The van der Waals surface area contributed by atoms with Crippen LogP contribution >= 0.6 is 11.3 Å². The molecule has 10 aromatic rings. The summed E-state index contributed by atoms with van der Waals surface area (Å²) < 4.78 is 9.30. The van der Waals surface area contributed by atoms with Gasteiger partial charge >= 0.3 is 0 Å². The Kier molecular flexibility index (Phi) is 6.01. The van der Waals surface area contributed by atoms with Gasteiger partial charge in [-0.1, -0.05) is 127 Å². The van der Waals surface area contributed by atoms with E-state index < -0.39 is 0 Å². The first kappa shape index (κ1) is 27.0. The maximum absolute atomic E-state index is 6.72. The third kappa shape index (κ3) is 4.25. The molecule has 7 aromatic carbocycles. The van der Waals surface area contributed by atoms with Crippen molar-refractivity contribution in [3.8, 4) is 45.3 Å². The van der Waals surface area contributed by atoms with Gasteiger partial charge in [0.1, 0.15) is 11.2 Å². The quantitative estimate of drug-likeness (QED) is 0.194. The number of rotatable bonds is 4. The Morgan fingerprint density at radius 2 is 1.06 bits per heavy atom. The topological polar surface area (TPSA) is 51.8 Å². The highest BCUT2D eigenvalue weighted by molar-refractivity contribution is 7.26. The Hall–Kier alpha value is -6.17. The predicted molar refractivity (Wildman–Crippen MR) is 199 cm³/mol. The lowest BCUT2D eigenvalue weighted by molar-refractivity contribution is 0.669. The fourth-order valence-corrected chi connectivity index (χ4v) is 8.12. The van der Waals surface area contributed by atoms with Gasteiger partial charge in [-0.3, -0.25) is 0 Å². The van der Waals surface area contributed by atoms with Gasteiger partial charge in [-0.2, -0.15) is 0 Å². The molecule has 3 aromatic heterocycles. The molecule has 4 nitrogen and oxygen atoms in total. The lowest BCUT2D eigenvalue weighted by atomic mass is 9.92. The van der Waals surface area contributed by atoms with E-state index in [1.54, 1.807) is 0 Å². The predicted octanol–water partition coefficient (Wildman–Crippen LogP) is 12.0. The van der Waals surface area contributed by atoms with Crippen LogP contribution in [0.5, 0.6) is 0 Å². The van der Waals surface area contributed by atoms with Crippen LogP contribution < -0.4 is 0 Å². The van der Waals surface area contributed by atoms with Gasteiger partial charge in [0.15, 0.2) is 17.5 Å². The Balaban J connectivity index is 1.22. The van der Waals surface area contributed by atoms with Crippen LogP contribution in [0.4, 0.5) is 0 Å². The summed E-state index contributed by atoms with van der Waals surface area (Å²) >= 11 is 1.85. The van der Waals surface area contributed by atoms with Gasteiger partial charge in [-0.05, 0) is 35.0 Å². The van der Waals surface area contributed by atoms with Crippen molar-refractivity contribution in [2.24, 2.45) is 0 Å². The minimum absolute atomic E-state index is 0.602. The molecular weight excluding hydrogens is 607 g/mol. The van der Waals surface area contributed by atoms with E-state index in [-0.39, 0.29) is 0 Å². The smallest absolute Gasteiger partial charge is 0.164 e. The highest BCUT2D eigenvalue weighted by Crippen LogP contribution is 2.47. The average molecular weight is 632 g/mol. The lowest BCUT2D eigenvalue weighted by Crippen LogP contribution is -2.00. The summed E-state index contributed by atoms with van der Waals surface area (Å²) in [6, 6.07) is 52.6. The van der Waals surface area contributed by atoms with Crippen LogP contribution in [0.15, 0.2) is 156 Å². The normalized spacial score (nSPS) is 11.8. The molecule has 0 fully saturated rings. The van der Waals surface area contributed by atoms with Crippen LogP contribution in [0, 0.1) is 0 Å². The number of hydrogen-bond acceptors (Lipinski definition) is 5. The third-order valence-electron chi connectivity index (χ3n) is 9.12. The second kappa shape index (κ2) is 10.7. The Bertz CT molecular complexity index is 2780. The molecule has 0 atom stereocenters. The number of aromatic nitrogens is 3. The van der Waals surface area contributed by atoms with Crippen molar-refractivity contribution in [2.75, 3.05) is 0 Å². The van der Waals surface area contributed by atoms with E-state index in [4.69, 9.17) is 19.4 Å². The van der Waals surface area contributed by atoms with Gasteiger partial charge in [-0.25, -0.2) is 15.0 Å². The highest BCUT2D eigenvalue weighted by atomic mass is 32.1. The highest BCUT2D eigenvalue weighted by Gasteiger charge is 2.21. The van der Waals surface area contributed by atoms with Crippen LogP contribution in [-0.2, 0) is 0 Å². The number of nitrogens with zero attached hydrogens (tertiary/aromatic N) is 3. The monoisotopic (exact) mass is 631 g/mol. The van der Waals surface area contributed by atoms with Crippen molar-refractivity contribution >= 4 is 64.2 Å². The van der Waals surface area contributed by atoms with Gasteiger partial charge in [0.2, 0.25) is 0 Å². The number of furan rings is 1. The molecule has 0 aliphatic heterocycles. The van der Waals surface area contributed by atoms with Crippen molar-refractivity contribution < 1.29 is 4.42 Å². The Labute approximate surface area is 279 Å². The van der Waals surface area contributed by atoms with Crippen LogP contribution in [0.2, 0.25) is 0 Å². The average Bonchev–Trinajstić information content (AvgIpc) is 3.72. The van der Waals surface area contributed by atoms with E-state index in [9.17, 15) is 0 Å². The van der Waals surface area contributed by atoms with Crippen molar-refractivity contribution in [3.05, 3.63) is 152 Å². The summed E-state index contributed by atoms with van der Waals surface area (Å²) in [5, 5.41) is 7.11. The van der Waals surface area contributed by atoms with Crippen LogP contribution in [0.25, 0.3) is 98.2 Å². The number of hydrogen-bond donors (Lipinski definition) is 0. The molecule has 0 N–H and O–H groups in total. The van der Waals surface area contributed by atoms with Gasteiger partial charge in [0.25, 0.3) is 0 Å². The summed E-state index contributed by atoms with van der Waals surface area (Å²) in [6.45, 7) is 0. The van der Waals surface area contributed by atoms with E-state index in [1.807, 2.05) is 72.0 Å². The summed E-state index contributed by atoms with van der Waals surface area (Å²) in [5.41, 5.74) is 6.83. The third-order valence-corrected chi connectivity index (χ3v) is 10.3. The van der Waals surface area contributed by atoms with Gasteiger partial charge in [0, 0.05) is 58.8 Å². The number of thiophene rings is 1. The Morgan fingerprint density at radius 1 is 0.438 bits per heavy atom. The maximum atomic E-state index is 6.72. The van der Waals surface area contributed by atoms with Crippen molar-refractivity contribution in [2.45, 2.75) is 0 Å². The molecule has 0 bridgehead atoms. The second-order valence-electron chi connectivity index (χ2n) is 12.0. The first-order valence-electron chi connectivity index (χ1n) is 15.9. The molecule has 0 spiro atoms.